The molecule has 0 spiro atoms. The van der Waals surface area contributed by atoms with Gasteiger partial charge in [0.05, 0.1) is 35.0 Å². The quantitative estimate of drug-likeness (QED) is 0.518. The molecule has 0 aromatic carbocycles. The predicted octanol–water partition coefficient (Wildman–Crippen LogP) is 2.85. The lowest BCUT2D eigenvalue weighted by molar-refractivity contribution is -0.113. The van der Waals surface area contributed by atoms with Gasteiger partial charge < -0.3 is 19.9 Å². The largest absolute Gasteiger partial charge is 0.481 e. The van der Waals surface area contributed by atoms with Gasteiger partial charge in [0.2, 0.25) is 11.8 Å². The van der Waals surface area contributed by atoms with Crippen LogP contribution in [0.2, 0.25) is 0 Å². The predicted molar refractivity (Wildman–Crippen MR) is 135 cm³/mol. The van der Waals surface area contributed by atoms with Gasteiger partial charge in [-0.1, -0.05) is 0 Å². The highest BCUT2D eigenvalue weighted by molar-refractivity contribution is 8.00. The fourth-order valence-electron chi connectivity index (χ4n) is 4.71. The number of amides is 2. The van der Waals surface area contributed by atoms with Gasteiger partial charge in [-0.2, -0.15) is 0 Å². The molecule has 3 aromatic heterocycles. The molecular weight excluding hydrogens is 483 g/mol. The summed E-state index contributed by atoms with van der Waals surface area (Å²) in [5.41, 5.74) is 2.03. The Bertz CT molecular complexity index is 1320. The summed E-state index contributed by atoms with van der Waals surface area (Å²) in [5.74, 6) is 0.894. The number of carbonyl (C=O) groups excluding carboxylic acids is 2. The molecule has 9 nitrogen and oxygen atoms in total. The maximum absolute atomic E-state index is 14.6. The monoisotopic (exact) mass is 510 g/mol. The standard InChI is InChI=1S/C25H27FN6O3S/c1-31(25(34)19-3-5-20-24(28-19)29-21(33)14-36-20)12-15-7-9-32(13-15)10-8-16-17(26)11-27-18-4-6-22(35-2)30-23(16)18/h3-6,11,15H,7-10,12-14H2,1-2H3,(H,28,29,33). The van der Waals surface area contributed by atoms with Crippen LogP contribution < -0.4 is 10.1 Å². The van der Waals surface area contributed by atoms with Crippen LogP contribution in [0, 0.1) is 11.7 Å². The number of methoxy groups -OCH3 is 1. The fraction of sp³-hybridized carbons (Fsp3) is 0.400. The Kier molecular flexibility index (Phi) is 7.01. The molecule has 5 heterocycles. The summed E-state index contributed by atoms with van der Waals surface area (Å²) in [6.07, 6.45) is 2.71. The van der Waals surface area contributed by atoms with E-state index in [1.165, 1.54) is 25.1 Å². The molecule has 1 unspecified atom stereocenters. The van der Waals surface area contributed by atoms with Gasteiger partial charge >= 0.3 is 0 Å². The lowest BCUT2D eigenvalue weighted by atomic mass is 10.1. The molecule has 1 saturated heterocycles. The molecule has 2 aliphatic heterocycles. The van der Waals surface area contributed by atoms with Gasteiger partial charge in [-0.15, -0.1) is 11.8 Å². The smallest absolute Gasteiger partial charge is 0.272 e. The summed E-state index contributed by atoms with van der Waals surface area (Å²) in [5, 5.41) is 2.73. The summed E-state index contributed by atoms with van der Waals surface area (Å²) >= 11 is 1.42. The van der Waals surface area contributed by atoms with E-state index < -0.39 is 0 Å². The lowest BCUT2D eigenvalue weighted by Crippen LogP contribution is -2.34. The van der Waals surface area contributed by atoms with Crippen molar-refractivity contribution in [2.75, 3.05) is 51.4 Å². The number of nitrogens with one attached hydrogen (secondary N) is 1. The molecule has 0 radical (unpaired) electrons. The van der Waals surface area contributed by atoms with Crippen LogP contribution >= 0.6 is 11.8 Å². The number of aromatic nitrogens is 3. The van der Waals surface area contributed by atoms with Crippen LogP contribution in [-0.4, -0.2) is 82.7 Å². The van der Waals surface area contributed by atoms with Gasteiger partial charge in [0.1, 0.15) is 17.3 Å². The third-order valence-corrected chi connectivity index (χ3v) is 7.62. The average molecular weight is 511 g/mol. The number of nitrogens with zero attached hydrogens (tertiary/aromatic N) is 5. The first-order chi connectivity index (χ1) is 17.4. The van der Waals surface area contributed by atoms with Gasteiger partial charge in [-0.3, -0.25) is 14.6 Å². The molecule has 0 saturated carbocycles. The zero-order valence-corrected chi connectivity index (χ0v) is 21.0. The second kappa shape index (κ2) is 10.4. The van der Waals surface area contributed by atoms with Crippen molar-refractivity contribution in [3.8, 4) is 5.88 Å². The van der Waals surface area contributed by atoms with Crippen molar-refractivity contribution in [3.63, 3.8) is 0 Å². The van der Waals surface area contributed by atoms with E-state index in [1.54, 1.807) is 30.1 Å². The minimum atomic E-state index is -0.364. The van der Waals surface area contributed by atoms with Crippen molar-refractivity contribution >= 4 is 40.4 Å². The fourth-order valence-corrected chi connectivity index (χ4v) is 5.47. The molecule has 1 atom stereocenters. The minimum absolute atomic E-state index is 0.112. The van der Waals surface area contributed by atoms with E-state index in [0.717, 1.165) is 24.4 Å². The Morgan fingerprint density at radius 3 is 3.00 bits per heavy atom. The molecule has 2 amide bonds. The van der Waals surface area contributed by atoms with Crippen molar-refractivity contribution in [2.24, 2.45) is 5.92 Å². The Hall–Kier alpha value is -3.31. The highest BCUT2D eigenvalue weighted by atomic mass is 32.2. The second-order valence-electron chi connectivity index (χ2n) is 9.08. The summed E-state index contributed by atoms with van der Waals surface area (Å²) in [4.78, 5) is 42.4. The molecule has 11 heteroatoms. The molecule has 188 valence electrons. The molecule has 0 aliphatic carbocycles. The highest BCUT2D eigenvalue weighted by Crippen LogP contribution is 2.30. The number of pyridine rings is 3. The summed E-state index contributed by atoms with van der Waals surface area (Å²) in [7, 11) is 3.31. The van der Waals surface area contributed by atoms with Crippen LogP contribution in [0.1, 0.15) is 22.5 Å². The first-order valence-corrected chi connectivity index (χ1v) is 12.8. The van der Waals surface area contributed by atoms with Crippen molar-refractivity contribution in [2.45, 2.75) is 17.7 Å². The first kappa shape index (κ1) is 24.4. The highest BCUT2D eigenvalue weighted by Gasteiger charge is 2.27. The van der Waals surface area contributed by atoms with E-state index in [-0.39, 0.29) is 17.6 Å². The lowest BCUT2D eigenvalue weighted by Gasteiger charge is -2.22. The molecule has 0 bridgehead atoms. The van der Waals surface area contributed by atoms with Crippen LogP contribution in [0.15, 0.2) is 35.4 Å². The van der Waals surface area contributed by atoms with E-state index in [9.17, 15) is 14.0 Å². The Morgan fingerprint density at radius 1 is 1.31 bits per heavy atom. The molecule has 2 aliphatic rings. The molecule has 3 aromatic rings. The maximum Gasteiger partial charge on any atom is 0.272 e. The Labute approximate surface area is 212 Å². The molecular formula is C25H27FN6O3S. The summed E-state index contributed by atoms with van der Waals surface area (Å²) in [6, 6.07) is 7.04. The van der Waals surface area contributed by atoms with Crippen LogP contribution in [0.3, 0.4) is 0 Å². The van der Waals surface area contributed by atoms with E-state index in [2.05, 4.69) is 25.2 Å². The molecule has 36 heavy (non-hydrogen) atoms. The summed E-state index contributed by atoms with van der Waals surface area (Å²) < 4.78 is 19.8. The summed E-state index contributed by atoms with van der Waals surface area (Å²) in [6.45, 7) is 2.99. The number of hydrogen-bond acceptors (Lipinski definition) is 8. The molecule has 1 fully saturated rings. The number of halogens is 1. The average Bonchev–Trinajstić information content (AvgIpc) is 3.33. The van der Waals surface area contributed by atoms with Crippen LogP contribution in [0.4, 0.5) is 10.2 Å². The maximum atomic E-state index is 14.6. The second-order valence-corrected chi connectivity index (χ2v) is 10.1. The van der Waals surface area contributed by atoms with Gasteiger partial charge in [-0.25, -0.2) is 14.4 Å². The zero-order valence-electron chi connectivity index (χ0n) is 20.2. The van der Waals surface area contributed by atoms with E-state index in [4.69, 9.17) is 4.74 Å². The molecule has 1 N–H and O–H groups in total. The van der Waals surface area contributed by atoms with E-state index in [1.807, 2.05) is 6.07 Å². The van der Waals surface area contributed by atoms with Crippen molar-refractivity contribution in [1.82, 2.24) is 24.8 Å². The van der Waals surface area contributed by atoms with E-state index in [0.29, 0.717) is 65.2 Å². The van der Waals surface area contributed by atoms with Crippen LogP contribution in [0.5, 0.6) is 5.88 Å². The zero-order chi connectivity index (χ0) is 25.2. The van der Waals surface area contributed by atoms with Crippen molar-refractivity contribution < 1.29 is 18.7 Å². The number of rotatable bonds is 7. The van der Waals surface area contributed by atoms with Crippen LogP contribution in [-0.2, 0) is 11.2 Å². The SMILES string of the molecule is COc1ccc2ncc(F)c(CCN3CCC(CN(C)C(=O)c4ccc5c(n4)NC(=O)CS5)C3)c2n1. The number of ether oxygens (including phenoxy) is 1. The van der Waals surface area contributed by atoms with E-state index >= 15 is 0 Å². The number of fused-ring (bicyclic) bond motifs is 2. The van der Waals surface area contributed by atoms with Gasteiger partial charge in [0.15, 0.2) is 0 Å². The number of carbonyl (C=O) groups is 2. The number of likely N-dealkylation sites (tertiary alicyclic amines) is 1. The number of thioether (sulfide) groups is 1. The Morgan fingerprint density at radius 2 is 2.17 bits per heavy atom. The third kappa shape index (κ3) is 5.12. The van der Waals surface area contributed by atoms with Crippen molar-refractivity contribution in [1.29, 1.82) is 0 Å². The topological polar surface area (TPSA) is 101 Å². The third-order valence-electron chi connectivity index (χ3n) is 6.57. The van der Waals surface area contributed by atoms with Crippen LogP contribution in [0.25, 0.3) is 11.0 Å². The number of hydrogen-bond donors (Lipinski definition) is 1. The first-order valence-electron chi connectivity index (χ1n) is 11.8. The minimum Gasteiger partial charge on any atom is -0.481 e. The van der Waals surface area contributed by atoms with Gasteiger partial charge in [-0.05, 0) is 43.5 Å². The van der Waals surface area contributed by atoms with Crippen molar-refractivity contribution in [3.05, 3.63) is 47.5 Å². The normalized spacial score (nSPS) is 17.6. The number of anilines is 1. The Balaban J connectivity index is 1.18. The molecule has 5 rings (SSSR count). The van der Waals surface area contributed by atoms with Gasteiger partial charge in [0.25, 0.3) is 5.91 Å². The van der Waals surface area contributed by atoms with Gasteiger partial charge in [0, 0.05) is 38.3 Å².